The van der Waals surface area contributed by atoms with Crippen molar-refractivity contribution < 1.29 is 15.0 Å². The fourth-order valence-electron chi connectivity index (χ4n) is 2.66. The quantitative estimate of drug-likeness (QED) is 0.778. The van der Waals surface area contributed by atoms with E-state index >= 15 is 0 Å². The number of carbonyl (C=O) groups excluding carboxylic acids is 1. The smallest absolute Gasteiger partial charge is 0.251 e. The summed E-state index contributed by atoms with van der Waals surface area (Å²) in [6.45, 7) is 3.85. The molecule has 4 nitrogen and oxygen atoms in total. The maximum atomic E-state index is 12.2. The summed E-state index contributed by atoms with van der Waals surface area (Å²) in [5, 5.41) is 21.7. The lowest BCUT2D eigenvalue weighted by atomic mass is 9.76. The number of phenolic OH excluding ortho intramolecular Hbond substituents is 1. The summed E-state index contributed by atoms with van der Waals surface area (Å²) in [4.78, 5) is 12.2. The van der Waals surface area contributed by atoms with Crippen LogP contribution in [0.25, 0.3) is 0 Å². The Hall–Kier alpha value is -1.55. The Bertz CT molecular complexity index is 466. The highest BCUT2D eigenvalue weighted by Crippen LogP contribution is 2.31. The van der Waals surface area contributed by atoms with Gasteiger partial charge in [-0.25, -0.2) is 0 Å². The molecule has 104 valence electrons. The van der Waals surface area contributed by atoms with Gasteiger partial charge in [-0.2, -0.15) is 0 Å². The molecule has 1 aliphatic carbocycles. The third-order valence-electron chi connectivity index (χ3n) is 3.93. The summed E-state index contributed by atoms with van der Waals surface area (Å²) in [5.41, 5.74) is 1.36. The molecular formula is C15H21NO3. The van der Waals surface area contributed by atoms with Crippen LogP contribution in [0.4, 0.5) is 0 Å². The highest BCUT2D eigenvalue weighted by molar-refractivity contribution is 5.96. The lowest BCUT2D eigenvalue weighted by Gasteiger charge is -2.37. The topological polar surface area (TPSA) is 69.6 Å². The molecule has 1 aliphatic rings. The Morgan fingerprint density at radius 3 is 2.68 bits per heavy atom. The van der Waals surface area contributed by atoms with Gasteiger partial charge in [-0.3, -0.25) is 4.79 Å². The Balaban J connectivity index is 2.03. The molecule has 0 radical (unpaired) electrons. The van der Waals surface area contributed by atoms with Crippen molar-refractivity contribution in [3.63, 3.8) is 0 Å². The van der Waals surface area contributed by atoms with Crippen molar-refractivity contribution in [2.75, 3.05) is 0 Å². The molecule has 4 heteroatoms. The maximum absolute atomic E-state index is 12.2. The first-order valence-corrected chi connectivity index (χ1v) is 6.79. The number of rotatable bonds is 4. The zero-order valence-corrected chi connectivity index (χ0v) is 11.4. The molecule has 0 spiro atoms. The maximum Gasteiger partial charge on any atom is 0.251 e. The highest BCUT2D eigenvalue weighted by atomic mass is 16.3. The van der Waals surface area contributed by atoms with Crippen LogP contribution >= 0.6 is 0 Å². The Morgan fingerprint density at radius 2 is 2.16 bits per heavy atom. The Morgan fingerprint density at radius 1 is 1.47 bits per heavy atom. The average molecular weight is 263 g/mol. The Labute approximate surface area is 113 Å². The van der Waals surface area contributed by atoms with Gasteiger partial charge in [0.25, 0.3) is 5.91 Å². The number of phenols is 1. The molecule has 0 aromatic heterocycles. The standard InChI is InChI=1S/C15H21NO3/c1-3-14(10-7-12(18)8-10)16-15(19)13-5-4-11(17)6-9(13)2/h4-6,10,12,14,17-18H,3,7-8H2,1-2H3,(H,16,19)/t10?,12?,14-/m0/s1. The molecule has 1 amide bonds. The first-order chi connectivity index (χ1) is 9.01. The van der Waals surface area contributed by atoms with Crippen molar-refractivity contribution in [2.24, 2.45) is 5.92 Å². The number of aliphatic hydroxyl groups excluding tert-OH is 1. The molecule has 0 bridgehead atoms. The minimum Gasteiger partial charge on any atom is -0.508 e. The van der Waals surface area contributed by atoms with Gasteiger partial charge in [0.2, 0.25) is 0 Å². The molecule has 1 fully saturated rings. The fraction of sp³-hybridized carbons (Fsp3) is 0.533. The van der Waals surface area contributed by atoms with Crippen molar-refractivity contribution in [3.8, 4) is 5.75 Å². The highest BCUT2D eigenvalue weighted by Gasteiger charge is 2.33. The SMILES string of the molecule is CC[C@H](NC(=O)c1ccc(O)cc1C)C1CC(O)C1. The molecule has 1 atom stereocenters. The summed E-state index contributed by atoms with van der Waals surface area (Å²) in [5.74, 6) is 0.440. The molecule has 1 aromatic rings. The summed E-state index contributed by atoms with van der Waals surface area (Å²) in [6.07, 6.45) is 2.20. The summed E-state index contributed by atoms with van der Waals surface area (Å²) < 4.78 is 0. The van der Waals surface area contributed by atoms with E-state index in [1.807, 2.05) is 13.8 Å². The van der Waals surface area contributed by atoms with Gasteiger partial charge < -0.3 is 15.5 Å². The fourth-order valence-corrected chi connectivity index (χ4v) is 2.66. The molecule has 0 unspecified atom stereocenters. The van der Waals surface area contributed by atoms with Gasteiger partial charge in [-0.1, -0.05) is 6.92 Å². The van der Waals surface area contributed by atoms with Crippen molar-refractivity contribution in [3.05, 3.63) is 29.3 Å². The van der Waals surface area contributed by atoms with E-state index in [1.54, 1.807) is 12.1 Å². The van der Waals surface area contributed by atoms with Gasteiger partial charge in [-0.15, -0.1) is 0 Å². The molecular weight excluding hydrogens is 242 g/mol. The van der Waals surface area contributed by atoms with E-state index in [9.17, 15) is 15.0 Å². The lowest BCUT2D eigenvalue weighted by molar-refractivity contribution is 0.0232. The predicted octanol–water partition coefficient (Wildman–Crippen LogP) is 1.98. The van der Waals surface area contributed by atoms with Gasteiger partial charge in [0, 0.05) is 11.6 Å². The molecule has 1 aromatic carbocycles. The van der Waals surface area contributed by atoms with E-state index in [4.69, 9.17) is 0 Å². The summed E-state index contributed by atoms with van der Waals surface area (Å²) >= 11 is 0. The van der Waals surface area contributed by atoms with Crippen LogP contribution in [0.15, 0.2) is 18.2 Å². The van der Waals surface area contributed by atoms with E-state index in [1.165, 1.54) is 6.07 Å². The number of amides is 1. The first kappa shape index (κ1) is 13.9. The predicted molar refractivity (Wildman–Crippen MR) is 73.1 cm³/mol. The van der Waals surface area contributed by atoms with Crippen molar-refractivity contribution in [1.29, 1.82) is 0 Å². The van der Waals surface area contributed by atoms with Crippen LogP contribution in [-0.2, 0) is 0 Å². The van der Waals surface area contributed by atoms with Crippen molar-refractivity contribution in [1.82, 2.24) is 5.32 Å². The second kappa shape index (κ2) is 5.61. The first-order valence-electron chi connectivity index (χ1n) is 6.79. The second-order valence-electron chi connectivity index (χ2n) is 5.37. The number of benzene rings is 1. The van der Waals surface area contributed by atoms with E-state index in [2.05, 4.69) is 5.32 Å². The third-order valence-corrected chi connectivity index (χ3v) is 3.93. The van der Waals surface area contributed by atoms with Crippen LogP contribution in [-0.4, -0.2) is 28.3 Å². The van der Waals surface area contributed by atoms with Crippen LogP contribution in [0.5, 0.6) is 5.75 Å². The monoisotopic (exact) mass is 263 g/mol. The minimum atomic E-state index is -0.202. The van der Waals surface area contributed by atoms with Crippen LogP contribution in [0.3, 0.4) is 0 Å². The number of aliphatic hydroxyl groups is 1. The molecule has 0 aliphatic heterocycles. The third kappa shape index (κ3) is 3.07. The number of aromatic hydroxyl groups is 1. The molecule has 1 saturated carbocycles. The molecule has 19 heavy (non-hydrogen) atoms. The number of hydrogen-bond donors (Lipinski definition) is 3. The molecule has 0 heterocycles. The van der Waals surface area contributed by atoms with E-state index in [-0.39, 0.29) is 23.8 Å². The van der Waals surface area contributed by atoms with Gasteiger partial charge in [-0.05, 0) is 55.9 Å². The second-order valence-corrected chi connectivity index (χ2v) is 5.37. The van der Waals surface area contributed by atoms with E-state index in [0.717, 1.165) is 24.8 Å². The van der Waals surface area contributed by atoms with Crippen molar-refractivity contribution >= 4 is 5.91 Å². The van der Waals surface area contributed by atoms with E-state index < -0.39 is 0 Å². The van der Waals surface area contributed by atoms with E-state index in [0.29, 0.717) is 11.5 Å². The number of aryl methyl sites for hydroxylation is 1. The molecule has 2 rings (SSSR count). The zero-order valence-electron chi connectivity index (χ0n) is 11.4. The van der Waals surface area contributed by atoms with Gasteiger partial charge in [0.15, 0.2) is 0 Å². The van der Waals surface area contributed by atoms with Crippen LogP contribution in [0.1, 0.15) is 42.1 Å². The van der Waals surface area contributed by atoms with Crippen molar-refractivity contribution in [2.45, 2.75) is 45.3 Å². The Kier molecular flexibility index (Phi) is 4.10. The lowest BCUT2D eigenvalue weighted by Crippen LogP contribution is -2.46. The number of carbonyl (C=O) groups is 1. The number of nitrogens with one attached hydrogen (secondary N) is 1. The van der Waals surface area contributed by atoms with Crippen LogP contribution in [0.2, 0.25) is 0 Å². The normalized spacial score (nSPS) is 23.5. The molecule has 3 N–H and O–H groups in total. The average Bonchev–Trinajstić information content (AvgIpc) is 2.32. The zero-order chi connectivity index (χ0) is 14.0. The van der Waals surface area contributed by atoms with Gasteiger partial charge in [0.05, 0.1) is 6.10 Å². The molecule has 0 saturated heterocycles. The van der Waals surface area contributed by atoms with Crippen LogP contribution in [0, 0.1) is 12.8 Å². The van der Waals surface area contributed by atoms with Crippen LogP contribution < -0.4 is 5.32 Å². The largest absolute Gasteiger partial charge is 0.508 e. The van der Waals surface area contributed by atoms with Gasteiger partial charge >= 0.3 is 0 Å². The number of hydrogen-bond acceptors (Lipinski definition) is 3. The summed E-state index contributed by atoms with van der Waals surface area (Å²) in [6, 6.07) is 4.87. The van der Waals surface area contributed by atoms with Gasteiger partial charge in [0.1, 0.15) is 5.75 Å². The summed E-state index contributed by atoms with van der Waals surface area (Å²) in [7, 11) is 0. The minimum absolute atomic E-state index is 0.106.